The lowest BCUT2D eigenvalue weighted by molar-refractivity contribution is 0.602. The zero-order valence-corrected chi connectivity index (χ0v) is 10.3. The van der Waals surface area contributed by atoms with Gasteiger partial charge in [-0.25, -0.2) is 14.4 Å². The van der Waals surface area contributed by atoms with E-state index in [9.17, 15) is 4.39 Å². The number of nitrogens with zero attached hydrogens (tertiary/aromatic N) is 6. The number of hydrogen-bond acceptors (Lipinski definition) is 7. The molecule has 0 atom stereocenters. The summed E-state index contributed by atoms with van der Waals surface area (Å²) in [7, 11) is 0. The van der Waals surface area contributed by atoms with Crippen LogP contribution in [0.2, 0.25) is 0 Å². The van der Waals surface area contributed by atoms with Gasteiger partial charge in [0.1, 0.15) is 0 Å². The Bertz CT molecular complexity index is 494. The Labute approximate surface area is 107 Å². The van der Waals surface area contributed by atoms with Gasteiger partial charge in [-0.15, -0.1) is 0 Å². The average Bonchev–Trinajstić information content (AvgIpc) is 2.94. The van der Waals surface area contributed by atoms with Crippen molar-refractivity contribution in [2.24, 2.45) is 0 Å². The van der Waals surface area contributed by atoms with Gasteiger partial charge in [0.05, 0.1) is 30.3 Å². The number of piperazine rings is 1. The van der Waals surface area contributed by atoms with E-state index in [4.69, 9.17) is 0 Å². The maximum Gasteiger partial charge on any atom is 0.225 e. The van der Waals surface area contributed by atoms with E-state index in [1.165, 1.54) is 24.1 Å². The lowest BCUT2D eigenvalue weighted by atomic mass is 10.3. The highest BCUT2D eigenvalue weighted by atomic mass is 32.1. The first kappa shape index (κ1) is 11.3. The minimum Gasteiger partial charge on any atom is -0.351 e. The fourth-order valence-electron chi connectivity index (χ4n) is 1.90. The third kappa shape index (κ3) is 2.23. The Morgan fingerprint density at radius 2 is 1.67 bits per heavy atom. The van der Waals surface area contributed by atoms with Crippen LogP contribution in [0, 0.1) is 5.82 Å². The SMILES string of the molecule is Fc1cnc(N2CCN(c3cnsn3)CC2)nc1. The summed E-state index contributed by atoms with van der Waals surface area (Å²) in [5.74, 6) is 1.08. The number of rotatable bonds is 2. The predicted molar refractivity (Wildman–Crippen MR) is 66.3 cm³/mol. The molecule has 1 fully saturated rings. The first-order valence-corrected chi connectivity index (χ1v) is 6.31. The van der Waals surface area contributed by atoms with Gasteiger partial charge < -0.3 is 9.80 Å². The van der Waals surface area contributed by atoms with Crippen molar-refractivity contribution in [3.63, 3.8) is 0 Å². The zero-order valence-electron chi connectivity index (χ0n) is 9.53. The summed E-state index contributed by atoms with van der Waals surface area (Å²) < 4.78 is 20.9. The number of anilines is 2. The summed E-state index contributed by atoms with van der Waals surface area (Å²) in [6.45, 7) is 3.27. The second-order valence-corrected chi connectivity index (χ2v) is 4.50. The van der Waals surface area contributed by atoms with E-state index >= 15 is 0 Å². The molecule has 18 heavy (non-hydrogen) atoms. The van der Waals surface area contributed by atoms with Gasteiger partial charge in [0.15, 0.2) is 11.6 Å². The van der Waals surface area contributed by atoms with Gasteiger partial charge in [-0.1, -0.05) is 0 Å². The molecule has 1 aliphatic rings. The summed E-state index contributed by atoms with van der Waals surface area (Å²) in [6, 6.07) is 0. The molecule has 1 saturated heterocycles. The molecule has 0 N–H and O–H groups in total. The van der Waals surface area contributed by atoms with Crippen molar-refractivity contribution in [2.45, 2.75) is 0 Å². The van der Waals surface area contributed by atoms with E-state index in [0.717, 1.165) is 32.0 Å². The first-order chi connectivity index (χ1) is 8.83. The van der Waals surface area contributed by atoms with E-state index in [1.807, 2.05) is 4.90 Å². The summed E-state index contributed by atoms with van der Waals surface area (Å²) >= 11 is 1.21. The highest BCUT2D eigenvalue weighted by molar-refractivity contribution is 6.99. The summed E-state index contributed by atoms with van der Waals surface area (Å²) in [5.41, 5.74) is 0. The summed E-state index contributed by atoms with van der Waals surface area (Å²) in [4.78, 5) is 12.2. The van der Waals surface area contributed by atoms with Crippen LogP contribution in [0.3, 0.4) is 0 Å². The van der Waals surface area contributed by atoms with Crippen LogP contribution in [-0.2, 0) is 0 Å². The molecule has 3 rings (SSSR count). The molecule has 2 aromatic rings. The molecule has 0 bridgehead atoms. The molecular formula is C10H11FN6S. The van der Waals surface area contributed by atoms with Crippen molar-refractivity contribution in [3.05, 3.63) is 24.4 Å². The third-order valence-corrected chi connectivity index (χ3v) is 3.31. The normalized spacial score (nSPS) is 16.1. The second kappa shape index (κ2) is 4.81. The molecule has 0 aliphatic carbocycles. The molecule has 6 nitrogen and oxygen atoms in total. The molecule has 1 aliphatic heterocycles. The molecule has 0 amide bonds. The largest absolute Gasteiger partial charge is 0.351 e. The molecule has 2 aromatic heterocycles. The Morgan fingerprint density at radius 1 is 1.00 bits per heavy atom. The van der Waals surface area contributed by atoms with Crippen molar-refractivity contribution < 1.29 is 4.39 Å². The minimum absolute atomic E-state index is 0.411. The third-order valence-electron chi connectivity index (χ3n) is 2.84. The van der Waals surface area contributed by atoms with Gasteiger partial charge in [-0.3, -0.25) is 0 Å². The maximum absolute atomic E-state index is 12.7. The van der Waals surface area contributed by atoms with Crippen LogP contribution in [0.25, 0.3) is 0 Å². The fourth-order valence-corrected chi connectivity index (χ4v) is 2.34. The molecule has 3 heterocycles. The van der Waals surface area contributed by atoms with Gasteiger partial charge >= 0.3 is 0 Å². The van der Waals surface area contributed by atoms with E-state index < -0.39 is 5.82 Å². The van der Waals surface area contributed by atoms with Crippen LogP contribution in [0.5, 0.6) is 0 Å². The van der Waals surface area contributed by atoms with Crippen LogP contribution in [-0.4, -0.2) is 44.9 Å². The zero-order chi connectivity index (χ0) is 12.4. The molecule has 0 radical (unpaired) electrons. The highest BCUT2D eigenvalue weighted by Gasteiger charge is 2.20. The molecule has 8 heteroatoms. The fraction of sp³-hybridized carbons (Fsp3) is 0.400. The van der Waals surface area contributed by atoms with Crippen LogP contribution < -0.4 is 9.80 Å². The Hall–Kier alpha value is -1.83. The number of hydrogen-bond donors (Lipinski definition) is 0. The van der Waals surface area contributed by atoms with Crippen molar-refractivity contribution >= 4 is 23.5 Å². The first-order valence-electron chi connectivity index (χ1n) is 5.58. The van der Waals surface area contributed by atoms with Gasteiger partial charge in [0.25, 0.3) is 0 Å². The molecule has 0 spiro atoms. The monoisotopic (exact) mass is 266 g/mol. The van der Waals surface area contributed by atoms with E-state index in [2.05, 4.69) is 23.6 Å². The maximum atomic E-state index is 12.7. The number of halogens is 1. The highest BCUT2D eigenvalue weighted by Crippen LogP contribution is 2.16. The van der Waals surface area contributed by atoms with Gasteiger partial charge in [-0.2, -0.15) is 8.75 Å². The summed E-state index contributed by atoms with van der Waals surface area (Å²) in [6.07, 6.45) is 4.16. The Morgan fingerprint density at radius 3 is 2.28 bits per heavy atom. The molecular weight excluding hydrogens is 255 g/mol. The van der Waals surface area contributed by atoms with Crippen molar-refractivity contribution in [1.82, 2.24) is 18.7 Å². The minimum atomic E-state index is -0.411. The van der Waals surface area contributed by atoms with E-state index in [1.54, 1.807) is 6.20 Å². The lowest BCUT2D eigenvalue weighted by Gasteiger charge is -2.34. The Kier molecular flexibility index (Phi) is 3.01. The topological polar surface area (TPSA) is 58.0 Å². The van der Waals surface area contributed by atoms with Gasteiger partial charge in [0, 0.05) is 26.2 Å². The average molecular weight is 266 g/mol. The summed E-state index contributed by atoms with van der Waals surface area (Å²) in [5, 5.41) is 0. The molecule has 0 aromatic carbocycles. The second-order valence-electron chi connectivity index (χ2n) is 3.94. The van der Waals surface area contributed by atoms with Gasteiger partial charge in [-0.05, 0) is 0 Å². The van der Waals surface area contributed by atoms with Crippen molar-refractivity contribution in [2.75, 3.05) is 36.0 Å². The predicted octanol–water partition coefficient (Wildman–Crippen LogP) is 0.794. The van der Waals surface area contributed by atoms with Crippen LogP contribution >= 0.6 is 11.7 Å². The number of aromatic nitrogens is 4. The molecule has 94 valence electrons. The van der Waals surface area contributed by atoms with Crippen LogP contribution in [0.1, 0.15) is 0 Å². The quantitative estimate of drug-likeness (QED) is 0.801. The van der Waals surface area contributed by atoms with E-state index in [-0.39, 0.29) is 0 Å². The van der Waals surface area contributed by atoms with Crippen LogP contribution in [0.15, 0.2) is 18.6 Å². The standard InChI is InChI=1S/C10H11FN6S/c11-8-5-12-10(13-6-8)17-3-1-16(2-4-17)9-7-14-18-15-9/h5-7H,1-4H2. The van der Waals surface area contributed by atoms with Crippen molar-refractivity contribution in [1.29, 1.82) is 0 Å². The van der Waals surface area contributed by atoms with Gasteiger partial charge in [0.2, 0.25) is 5.95 Å². The lowest BCUT2D eigenvalue weighted by Crippen LogP contribution is -2.47. The molecule has 0 unspecified atom stereocenters. The molecule has 0 saturated carbocycles. The van der Waals surface area contributed by atoms with E-state index in [0.29, 0.717) is 5.95 Å². The van der Waals surface area contributed by atoms with Crippen molar-refractivity contribution in [3.8, 4) is 0 Å². The van der Waals surface area contributed by atoms with Crippen LogP contribution in [0.4, 0.5) is 16.2 Å². The smallest absolute Gasteiger partial charge is 0.225 e. The Balaban J connectivity index is 1.65.